The summed E-state index contributed by atoms with van der Waals surface area (Å²) in [5.74, 6) is 0.449. The van der Waals surface area contributed by atoms with E-state index in [-0.39, 0.29) is 0 Å². The van der Waals surface area contributed by atoms with Crippen LogP contribution in [0.5, 0.6) is 11.5 Å². The van der Waals surface area contributed by atoms with Gasteiger partial charge in [0.2, 0.25) is 15.9 Å². The normalized spacial score (nSPS) is 12.4. The third kappa shape index (κ3) is 3.78. The second-order valence-corrected chi connectivity index (χ2v) is 6.25. The number of nitrogens with one attached hydrogen (secondary N) is 1. The molecule has 1 aromatic carbocycles. The largest absolute Gasteiger partial charge is 0.493 e. The highest BCUT2D eigenvalue weighted by Gasteiger charge is 2.29. The number of methoxy groups -OCH3 is 2. The topological polar surface area (TPSA) is 84.9 Å². The third-order valence-electron chi connectivity index (χ3n) is 2.96. The van der Waals surface area contributed by atoms with E-state index in [4.69, 9.17) is 9.47 Å². The second kappa shape index (κ2) is 6.66. The van der Waals surface area contributed by atoms with Gasteiger partial charge in [-0.2, -0.15) is 0 Å². The summed E-state index contributed by atoms with van der Waals surface area (Å²) in [5, 5.41) is 2.44. The first-order valence-corrected chi connectivity index (χ1v) is 8.04. The number of nitrogens with zero attached hydrogens (tertiary/aromatic N) is 1. The van der Waals surface area contributed by atoms with Gasteiger partial charge in [0.05, 0.1) is 26.2 Å². The predicted molar refractivity (Wildman–Crippen MR) is 80.4 cm³/mol. The van der Waals surface area contributed by atoms with Crippen LogP contribution in [0.3, 0.4) is 0 Å². The zero-order valence-corrected chi connectivity index (χ0v) is 13.5. The van der Waals surface area contributed by atoms with Crippen molar-refractivity contribution in [2.24, 2.45) is 0 Å². The molecular formula is C13H20N2O5S. The van der Waals surface area contributed by atoms with Gasteiger partial charge in [0.1, 0.15) is 6.04 Å². The summed E-state index contributed by atoms with van der Waals surface area (Å²) in [7, 11) is 0.750. The third-order valence-corrected chi connectivity index (χ3v) is 4.20. The van der Waals surface area contributed by atoms with Gasteiger partial charge in [-0.15, -0.1) is 0 Å². The molecular weight excluding hydrogens is 296 g/mol. The van der Waals surface area contributed by atoms with Crippen molar-refractivity contribution in [1.29, 1.82) is 0 Å². The maximum absolute atomic E-state index is 12.0. The predicted octanol–water partition coefficient (Wildman–Crippen LogP) is 0.604. The van der Waals surface area contributed by atoms with Crippen molar-refractivity contribution in [2.75, 3.05) is 31.8 Å². The fourth-order valence-electron chi connectivity index (χ4n) is 1.98. The van der Waals surface area contributed by atoms with E-state index < -0.39 is 22.0 Å². The number of carbonyl (C=O) groups is 1. The number of ether oxygens (including phenoxy) is 2. The minimum absolute atomic E-state index is 0.325. The summed E-state index contributed by atoms with van der Waals surface area (Å²) in [6.45, 7) is 1.51. The molecule has 1 rings (SSSR count). The Balaban J connectivity index is 3.38. The summed E-state index contributed by atoms with van der Waals surface area (Å²) >= 11 is 0. The molecule has 1 atom stereocenters. The molecule has 0 bridgehead atoms. The Morgan fingerprint density at radius 1 is 1.24 bits per heavy atom. The molecule has 21 heavy (non-hydrogen) atoms. The number of hydrogen-bond acceptors (Lipinski definition) is 5. The fourth-order valence-corrected chi connectivity index (χ4v) is 3.15. The lowest BCUT2D eigenvalue weighted by Crippen LogP contribution is -2.46. The van der Waals surface area contributed by atoms with Crippen LogP contribution in [-0.4, -0.2) is 47.9 Å². The van der Waals surface area contributed by atoms with E-state index in [2.05, 4.69) is 5.32 Å². The molecule has 0 aromatic heterocycles. The molecule has 0 fully saturated rings. The zero-order chi connectivity index (χ0) is 16.2. The van der Waals surface area contributed by atoms with Gasteiger partial charge in [0.25, 0.3) is 0 Å². The van der Waals surface area contributed by atoms with E-state index in [0.717, 1.165) is 10.6 Å². The fraction of sp³-hybridized carbons (Fsp3) is 0.462. The van der Waals surface area contributed by atoms with Gasteiger partial charge in [-0.05, 0) is 19.1 Å². The lowest BCUT2D eigenvalue weighted by Gasteiger charge is -2.28. The Morgan fingerprint density at radius 2 is 1.81 bits per heavy atom. The highest BCUT2D eigenvalue weighted by molar-refractivity contribution is 7.92. The van der Waals surface area contributed by atoms with E-state index in [1.807, 2.05) is 0 Å². The molecule has 0 aliphatic carbocycles. The minimum atomic E-state index is -3.64. The van der Waals surface area contributed by atoms with Gasteiger partial charge < -0.3 is 14.8 Å². The summed E-state index contributed by atoms with van der Waals surface area (Å²) in [5.41, 5.74) is 0.325. The van der Waals surface area contributed by atoms with Crippen molar-refractivity contribution < 1.29 is 22.7 Å². The summed E-state index contributed by atoms with van der Waals surface area (Å²) in [4.78, 5) is 11.8. The zero-order valence-electron chi connectivity index (χ0n) is 12.7. The number of rotatable bonds is 6. The van der Waals surface area contributed by atoms with E-state index >= 15 is 0 Å². The first-order chi connectivity index (χ1) is 9.76. The van der Waals surface area contributed by atoms with Crippen LogP contribution in [0, 0.1) is 0 Å². The number of amides is 1. The smallest absolute Gasteiger partial charge is 0.243 e. The highest BCUT2D eigenvalue weighted by atomic mass is 32.2. The monoisotopic (exact) mass is 316 g/mol. The van der Waals surface area contributed by atoms with Crippen LogP contribution in [0.4, 0.5) is 5.69 Å². The van der Waals surface area contributed by atoms with Crippen LogP contribution in [0.1, 0.15) is 6.92 Å². The van der Waals surface area contributed by atoms with E-state index in [9.17, 15) is 13.2 Å². The molecule has 0 spiro atoms. The maximum atomic E-state index is 12.0. The Bertz CT molecular complexity index is 615. The van der Waals surface area contributed by atoms with Crippen LogP contribution < -0.4 is 19.1 Å². The minimum Gasteiger partial charge on any atom is -0.493 e. The molecule has 1 N–H and O–H groups in total. The maximum Gasteiger partial charge on any atom is 0.243 e. The van der Waals surface area contributed by atoms with Crippen molar-refractivity contribution in [3.05, 3.63) is 18.2 Å². The Hall–Kier alpha value is -1.96. The molecule has 0 saturated heterocycles. The van der Waals surface area contributed by atoms with E-state index in [0.29, 0.717) is 17.2 Å². The van der Waals surface area contributed by atoms with Crippen molar-refractivity contribution in [2.45, 2.75) is 13.0 Å². The molecule has 1 amide bonds. The molecule has 0 aliphatic rings. The van der Waals surface area contributed by atoms with Crippen molar-refractivity contribution in [3.63, 3.8) is 0 Å². The Labute approximate surface area is 124 Å². The average molecular weight is 316 g/mol. The van der Waals surface area contributed by atoms with Crippen molar-refractivity contribution in [3.8, 4) is 11.5 Å². The van der Waals surface area contributed by atoms with Gasteiger partial charge in [-0.1, -0.05) is 0 Å². The Kier molecular flexibility index (Phi) is 5.42. The number of likely N-dealkylation sites (N-methyl/N-ethyl adjacent to an activating group) is 1. The van der Waals surface area contributed by atoms with Crippen LogP contribution in [-0.2, 0) is 14.8 Å². The number of anilines is 1. The summed E-state index contributed by atoms with van der Waals surface area (Å²) < 4.78 is 35.4. The van der Waals surface area contributed by atoms with E-state index in [1.165, 1.54) is 34.3 Å². The van der Waals surface area contributed by atoms with Gasteiger partial charge >= 0.3 is 0 Å². The SMILES string of the molecule is CNC(=O)[C@H](C)N(c1ccc(OC)c(OC)c1)S(C)(=O)=O. The molecule has 1 aromatic rings. The number of sulfonamides is 1. The molecule has 0 heterocycles. The van der Waals surface area contributed by atoms with Crippen LogP contribution in [0.25, 0.3) is 0 Å². The first-order valence-electron chi connectivity index (χ1n) is 6.19. The lowest BCUT2D eigenvalue weighted by atomic mass is 10.2. The number of hydrogen-bond donors (Lipinski definition) is 1. The molecule has 0 saturated carbocycles. The van der Waals surface area contributed by atoms with Crippen molar-refractivity contribution >= 4 is 21.6 Å². The standard InChI is InChI=1S/C13H20N2O5S/c1-9(13(16)14-2)15(21(5,17)18)10-6-7-11(19-3)12(8-10)20-4/h6-9H,1-5H3,(H,14,16)/t9-/m0/s1. The highest BCUT2D eigenvalue weighted by Crippen LogP contribution is 2.33. The average Bonchev–Trinajstić information content (AvgIpc) is 2.44. The summed E-state index contributed by atoms with van der Waals surface area (Å²) in [6.07, 6.45) is 1.04. The molecule has 8 heteroatoms. The molecule has 7 nitrogen and oxygen atoms in total. The Morgan fingerprint density at radius 3 is 2.24 bits per heavy atom. The van der Waals surface area contributed by atoms with Gasteiger partial charge in [-0.25, -0.2) is 8.42 Å². The molecule has 0 unspecified atom stereocenters. The number of benzene rings is 1. The van der Waals surface area contributed by atoms with Gasteiger partial charge in [0.15, 0.2) is 11.5 Å². The van der Waals surface area contributed by atoms with Crippen LogP contribution in [0.2, 0.25) is 0 Å². The first kappa shape index (κ1) is 17.1. The molecule has 0 aliphatic heterocycles. The van der Waals surface area contributed by atoms with Crippen LogP contribution in [0.15, 0.2) is 18.2 Å². The van der Waals surface area contributed by atoms with Gasteiger partial charge in [-0.3, -0.25) is 9.10 Å². The molecule has 0 radical (unpaired) electrons. The van der Waals surface area contributed by atoms with E-state index in [1.54, 1.807) is 12.1 Å². The van der Waals surface area contributed by atoms with Crippen molar-refractivity contribution in [1.82, 2.24) is 5.32 Å². The van der Waals surface area contributed by atoms with Gasteiger partial charge in [0, 0.05) is 13.1 Å². The number of carbonyl (C=O) groups excluding carboxylic acids is 1. The van der Waals surface area contributed by atoms with Crippen LogP contribution >= 0.6 is 0 Å². The lowest BCUT2D eigenvalue weighted by molar-refractivity contribution is -0.121. The summed E-state index contributed by atoms with van der Waals surface area (Å²) in [6, 6.07) is 3.77. The second-order valence-electron chi connectivity index (χ2n) is 4.39. The molecule has 118 valence electrons. The quantitative estimate of drug-likeness (QED) is 0.831.